The third-order valence-corrected chi connectivity index (χ3v) is 8.48. The highest BCUT2D eigenvalue weighted by atomic mass is 31.0. The normalized spacial score (nSPS) is 24.1. The molecule has 4 nitrogen and oxygen atoms in total. The first-order valence-electron chi connectivity index (χ1n) is 14.9. The van der Waals surface area contributed by atoms with Gasteiger partial charge in [0.15, 0.2) is 0 Å². The van der Waals surface area contributed by atoms with Gasteiger partial charge in [-0.2, -0.15) is 0 Å². The molecule has 0 amide bonds. The van der Waals surface area contributed by atoms with Gasteiger partial charge >= 0.3 is 0 Å². The number of hydrogen-bond acceptors (Lipinski definition) is 4. The van der Waals surface area contributed by atoms with Gasteiger partial charge in [-0.25, -0.2) is 10.0 Å². The van der Waals surface area contributed by atoms with E-state index in [0.29, 0.717) is 17.3 Å². The molecule has 0 spiro atoms. The summed E-state index contributed by atoms with van der Waals surface area (Å²) < 4.78 is 0. The SMILES string of the molecule is CC(C)CN(CCNCCN(CC(C)C)N(CP)CC(C)C)CC12CCCC(CCC1)CCC2. The van der Waals surface area contributed by atoms with Crippen LogP contribution in [0.25, 0.3) is 0 Å². The molecule has 1 N–H and O–H groups in total. The molecule has 3 rings (SSSR count). The first-order chi connectivity index (χ1) is 16.2. The number of hydrogen-bond donors (Lipinski definition) is 1. The Bertz CT molecular complexity index is 498. The van der Waals surface area contributed by atoms with E-state index in [2.05, 4.69) is 71.0 Å². The summed E-state index contributed by atoms with van der Waals surface area (Å²) in [6.07, 6.45) is 14.4. The van der Waals surface area contributed by atoms with Crippen molar-refractivity contribution in [3.05, 3.63) is 0 Å². The molecule has 0 aliphatic heterocycles. The number of nitrogens with one attached hydrogen (secondary N) is 1. The molecule has 0 aromatic carbocycles. The molecule has 5 heteroatoms. The van der Waals surface area contributed by atoms with Crippen LogP contribution in [0.1, 0.15) is 99.3 Å². The first-order valence-corrected chi connectivity index (χ1v) is 15.7. The largest absolute Gasteiger partial charge is 0.314 e. The first kappa shape index (κ1) is 30.5. The topological polar surface area (TPSA) is 21.8 Å². The molecule has 0 aromatic rings. The minimum absolute atomic E-state index is 0.602. The zero-order chi connectivity index (χ0) is 25.0. The van der Waals surface area contributed by atoms with Gasteiger partial charge in [0.1, 0.15) is 0 Å². The Labute approximate surface area is 216 Å². The summed E-state index contributed by atoms with van der Waals surface area (Å²) >= 11 is 0. The monoisotopic (exact) mass is 496 g/mol. The van der Waals surface area contributed by atoms with Gasteiger partial charge in [0.25, 0.3) is 0 Å². The molecule has 3 fully saturated rings. The van der Waals surface area contributed by atoms with Crippen molar-refractivity contribution in [3.8, 4) is 0 Å². The Balaban J connectivity index is 1.85. The van der Waals surface area contributed by atoms with Crippen LogP contribution in [0.3, 0.4) is 0 Å². The van der Waals surface area contributed by atoms with Crippen LogP contribution < -0.4 is 5.32 Å². The van der Waals surface area contributed by atoms with Crippen LogP contribution >= 0.6 is 9.24 Å². The zero-order valence-electron chi connectivity index (χ0n) is 24.0. The standard InChI is InChI=1S/C29H61N4P/c1-25(2)20-31(23-29-13-7-10-28(11-8-14-29)12-9-15-29)18-16-30-17-19-32(21-26(3)4)33(24-34)22-27(5)6/h25-28,30H,7-24,34H2,1-6H3. The van der Waals surface area contributed by atoms with Gasteiger partial charge in [-0.05, 0) is 48.3 Å². The Morgan fingerprint density at radius 3 is 1.74 bits per heavy atom. The highest BCUT2D eigenvalue weighted by Gasteiger charge is 2.35. The van der Waals surface area contributed by atoms with E-state index in [9.17, 15) is 0 Å². The van der Waals surface area contributed by atoms with Crippen molar-refractivity contribution in [1.82, 2.24) is 20.2 Å². The van der Waals surface area contributed by atoms with E-state index in [1.54, 1.807) is 0 Å². The summed E-state index contributed by atoms with van der Waals surface area (Å²) in [5.74, 6) is 3.18. The molecule has 0 saturated heterocycles. The van der Waals surface area contributed by atoms with E-state index in [1.165, 1.54) is 77.4 Å². The Morgan fingerprint density at radius 1 is 0.735 bits per heavy atom. The van der Waals surface area contributed by atoms with Crippen LogP contribution in [0.4, 0.5) is 0 Å². The molecule has 2 bridgehead atoms. The van der Waals surface area contributed by atoms with E-state index in [4.69, 9.17) is 0 Å². The molecule has 0 aromatic heterocycles. The van der Waals surface area contributed by atoms with Crippen molar-refractivity contribution < 1.29 is 0 Å². The van der Waals surface area contributed by atoms with Crippen LogP contribution in [0.15, 0.2) is 0 Å². The van der Waals surface area contributed by atoms with Crippen molar-refractivity contribution in [2.75, 3.05) is 58.6 Å². The van der Waals surface area contributed by atoms with E-state index in [1.807, 2.05) is 0 Å². The Hall–Kier alpha value is 0.270. The fraction of sp³-hybridized carbons (Fsp3) is 1.00. The predicted octanol–water partition coefficient (Wildman–Crippen LogP) is 6.34. The summed E-state index contributed by atoms with van der Waals surface area (Å²) in [5, 5.41) is 8.95. The summed E-state index contributed by atoms with van der Waals surface area (Å²) in [7, 11) is 2.94. The zero-order valence-corrected chi connectivity index (χ0v) is 25.1. The second-order valence-corrected chi connectivity index (χ2v) is 13.4. The maximum absolute atomic E-state index is 3.82. The van der Waals surface area contributed by atoms with E-state index < -0.39 is 0 Å². The maximum Gasteiger partial charge on any atom is 0.0276 e. The molecule has 1 atom stereocenters. The Kier molecular flexibility index (Phi) is 14.5. The van der Waals surface area contributed by atoms with E-state index >= 15 is 0 Å². The second kappa shape index (κ2) is 16.2. The highest BCUT2D eigenvalue weighted by molar-refractivity contribution is 7.16. The average molecular weight is 497 g/mol. The van der Waals surface area contributed by atoms with Crippen molar-refractivity contribution in [1.29, 1.82) is 0 Å². The third-order valence-electron chi connectivity index (χ3n) is 8.05. The number of hydrazine groups is 1. The van der Waals surface area contributed by atoms with Crippen LogP contribution in [-0.2, 0) is 0 Å². The Morgan fingerprint density at radius 2 is 1.24 bits per heavy atom. The van der Waals surface area contributed by atoms with Gasteiger partial charge in [-0.1, -0.05) is 80.1 Å². The number of nitrogens with zero attached hydrogens (tertiary/aromatic N) is 3. The molecule has 34 heavy (non-hydrogen) atoms. The molecule has 1 unspecified atom stereocenters. The summed E-state index contributed by atoms with van der Waals surface area (Å²) in [6.45, 7) is 23.5. The van der Waals surface area contributed by atoms with Crippen LogP contribution in [0, 0.1) is 29.1 Å². The smallest absolute Gasteiger partial charge is 0.0276 e. The van der Waals surface area contributed by atoms with Gasteiger partial charge in [0.05, 0.1) is 0 Å². The molecule has 0 radical (unpaired) electrons. The fourth-order valence-corrected chi connectivity index (χ4v) is 7.01. The minimum Gasteiger partial charge on any atom is -0.314 e. The van der Waals surface area contributed by atoms with Crippen LogP contribution in [-0.4, -0.2) is 73.6 Å². The second-order valence-electron chi connectivity index (χ2n) is 13.0. The number of fused-ring (bicyclic) bond motifs is 6. The highest BCUT2D eigenvalue weighted by Crippen LogP contribution is 2.44. The lowest BCUT2D eigenvalue weighted by Gasteiger charge is -2.43. The van der Waals surface area contributed by atoms with Crippen molar-refractivity contribution in [3.63, 3.8) is 0 Å². The summed E-state index contributed by atoms with van der Waals surface area (Å²) in [5.41, 5.74) is 0.602. The molecule has 3 aliphatic carbocycles. The van der Waals surface area contributed by atoms with Gasteiger partial charge in [-0.3, -0.25) is 0 Å². The van der Waals surface area contributed by atoms with Gasteiger partial charge < -0.3 is 10.2 Å². The predicted molar refractivity (Wildman–Crippen MR) is 154 cm³/mol. The molecule has 3 aliphatic rings. The number of rotatable bonds is 16. The van der Waals surface area contributed by atoms with Gasteiger partial charge in [0, 0.05) is 58.6 Å². The quantitative estimate of drug-likeness (QED) is 0.153. The lowest BCUT2D eigenvalue weighted by Crippen LogP contribution is -2.49. The van der Waals surface area contributed by atoms with E-state index in [0.717, 1.165) is 50.8 Å². The maximum atomic E-state index is 3.82. The third kappa shape index (κ3) is 11.5. The lowest BCUT2D eigenvalue weighted by atomic mass is 9.67. The minimum atomic E-state index is 0.602. The van der Waals surface area contributed by atoms with Crippen molar-refractivity contribution in [2.45, 2.75) is 99.3 Å². The fourth-order valence-electron chi connectivity index (χ4n) is 6.63. The van der Waals surface area contributed by atoms with Crippen LogP contribution in [0.2, 0.25) is 0 Å². The van der Waals surface area contributed by atoms with Crippen LogP contribution in [0.5, 0.6) is 0 Å². The van der Waals surface area contributed by atoms with Gasteiger partial charge in [0.2, 0.25) is 0 Å². The lowest BCUT2D eigenvalue weighted by molar-refractivity contribution is -0.0242. The summed E-state index contributed by atoms with van der Waals surface area (Å²) in [4.78, 5) is 2.83. The van der Waals surface area contributed by atoms with Crippen molar-refractivity contribution in [2.24, 2.45) is 29.1 Å². The summed E-state index contributed by atoms with van der Waals surface area (Å²) in [6, 6.07) is 0. The van der Waals surface area contributed by atoms with Gasteiger partial charge in [-0.15, -0.1) is 9.24 Å². The van der Waals surface area contributed by atoms with E-state index in [-0.39, 0.29) is 0 Å². The molecule has 3 saturated carbocycles. The average Bonchev–Trinajstić information content (AvgIpc) is 2.70. The van der Waals surface area contributed by atoms with Crippen molar-refractivity contribution >= 4 is 9.24 Å². The molecular weight excluding hydrogens is 435 g/mol. The molecule has 202 valence electrons. The molecular formula is C29H61N4P. The molecule has 0 heterocycles.